The van der Waals surface area contributed by atoms with Crippen LogP contribution in [0, 0.1) is 5.92 Å². The van der Waals surface area contributed by atoms with Crippen LogP contribution in [0.15, 0.2) is 16.9 Å². The maximum Gasteiger partial charge on any atom is 0.262 e. The summed E-state index contributed by atoms with van der Waals surface area (Å²) in [7, 11) is 3.06. The van der Waals surface area contributed by atoms with E-state index in [0.717, 1.165) is 0 Å². The van der Waals surface area contributed by atoms with E-state index < -0.39 is 0 Å². The van der Waals surface area contributed by atoms with Crippen LogP contribution in [0.4, 0.5) is 5.95 Å². The number of methoxy groups -OCH3 is 2. The van der Waals surface area contributed by atoms with E-state index in [9.17, 15) is 4.79 Å². The third-order valence-electron chi connectivity index (χ3n) is 3.14. The lowest BCUT2D eigenvalue weighted by Gasteiger charge is -2.15. The Labute approximate surface area is 122 Å². The highest BCUT2D eigenvalue weighted by Gasteiger charge is 2.15. The fraction of sp³-hybridized carbons (Fsp3) is 0.429. The van der Waals surface area contributed by atoms with Gasteiger partial charge in [0.2, 0.25) is 5.95 Å². The van der Waals surface area contributed by atoms with Gasteiger partial charge in [0.05, 0.1) is 25.1 Å². The van der Waals surface area contributed by atoms with E-state index in [0.29, 0.717) is 34.9 Å². The lowest BCUT2D eigenvalue weighted by molar-refractivity contribution is 0.355. The van der Waals surface area contributed by atoms with Crippen LogP contribution < -0.4 is 26.3 Å². The molecule has 2 rings (SSSR count). The van der Waals surface area contributed by atoms with Gasteiger partial charge in [-0.25, -0.2) is 10.8 Å². The van der Waals surface area contributed by atoms with Crippen LogP contribution in [0.3, 0.4) is 0 Å². The zero-order chi connectivity index (χ0) is 15.6. The minimum absolute atomic E-state index is 0.164. The number of aromatic nitrogens is 2. The molecule has 0 radical (unpaired) electrons. The van der Waals surface area contributed by atoms with Crippen LogP contribution in [0.25, 0.3) is 10.9 Å². The van der Waals surface area contributed by atoms with Crippen LogP contribution in [0.2, 0.25) is 0 Å². The number of ether oxygens (including phenoxy) is 2. The van der Waals surface area contributed by atoms with E-state index in [-0.39, 0.29) is 11.5 Å². The second-order valence-electron chi connectivity index (χ2n) is 5.11. The van der Waals surface area contributed by atoms with Crippen LogP contribution in [0.1, 0.15) is 13.8 Å². The van der Waals surface area contributed by atoms with Gasteiger partial charge in [-0.05, 0) is 12.0 Å². The molecule has 21 heavy (non-hydrogen) atoms. The van der Waals surface area contributed by atoms with Crippen LogP contribution in [-0.4, -0.2) is 23.8 Å². The summed E-state index contributed by atoms with van der Waals surface area (Å²) in [5.41, 5.74) is 2.82. The Morgan fingerprint density at radius 3 is 2.43 bits per heavy atom. The maximum absolute atomic E-state index is 12.6. The summed E-state index contributed by atoms with van der Waals surface area (Å²) >= 11 is 0. The van der Waals surface area contributed by atoms with Crippen molar-refractivity contribution in [3.63, 3.8) is 0 Å². The fourth-order valence-electron chi connectivity index (χ4n) is 2.19. The van der Waals surface area contributed by atoms with Crippen molar-refractivity contribution in [1.29, 1.82) is 0 Å². The molecule has 0 aliphatic rings. The Bertz CT molecular complexity index is 709. The normalized spacial score (nSPS) is 11.0. The van der Waals surface area contributed by atoms with E-state index in [2.05, 4.69) is 10.4 Å². The number of nitrogens with two attached hydrogens (primary N) is 1. The highest BCUT2D eigenvalue weighted by atomic mass is 16.5. The lowest BCUT2D eigenvalue weighted by atomic mass is 10.2. The number of anilines is 1. The van der Waals surface area contributed by atoms with Gasteiger partial charge in [-0.15, -0.1) is 0 Å². The van der Waals surface area contributed by atoms with Gasteiger partial charge in [0.15, 0.2) is 11.5 Å². The average molecular weight is 292 g/mol. The van der Waals surface area contributed by atoms with E-state index in [4.69, 9.17) is 15.3 Å². The molecule has 3 N–H and O–H groups in total. The number of hydrogen-bond donors (Lipinski definition) is 2. The van der Waals surface area contributed by atoms with E-state index in [1.54, 1.807) is 12.1 Å². The van der Waals surface area contributed by atoms with Gasteiger partial charge in [-0.1, -0.05) is 13.8 Å². The summed E-state index contributed by atoms with van der Waals surface area (Å²) in [5.74, 6) is 7.11. The summed E-state index contributed by atoms with van der Waals surface area (Å²) in [6, 6.07) is 3.30. The molecule has 0 aliphatic heterocycles. The van der Waals surface area contributed by atoms with Crippen molar-refractivity contribution in [2.45, 2.75) is 20.4 Å². The molecule has 2 aromatic rings. The average Bonchev–Trinajstić information content (AvgIpc) is 2.48. The second kappa shape index (κ2) is 6.01. The maximum atomic E-state index is 12.6. The van der Waals surface area contributed by atoms with E-state index >= 15 is 0 Å². The van der Waals surface area contributed by atoms with Gasteiger partial charge in [0, 0.05) is 12.6 Å². The van der Waals surface area contributed by atoms with Crippen molar-refractivity contribution in [2.24, 2.45) is 11.8 Å². The minimum atomic E-state index is -0.164. The summed E-state index contributed by atoms with van der Waals surface area (Å²) < 4.78 is 12.0. The molecule has 0 fully saturated rings. The number of nitrogen functional groups attached to an aromatic ring is 1. The van der Waals surface area contributed by atoms with E-state index in [1.807, 2.05) is 13.8 Å². The number of fused-ring (bicyclic) bond motifs is 1. The molecule has 0 saturated heterocycles. The molecule has 7 heteroatoms. The van der Waals surface area contributed by atoms with Crippen molar-refractivity contribution in [1.82, 2.24) is 9.55 Å². The molecule has 0 aliphatic carbocycles. The first-order valence-electron chi connectivity index (χ1n) is 6.65. The first-order valence-corrected chi connectivity index (χ1v) is 6.65. The number of benzene rings is 1. The van der Waals surface area contributed by atoms with E-state index in [1.165, 1.54) is 18.8 Å². The third kappa shape index (κ3) is 2.78. The summed E-state index contributed by atoms with van der Waals surface area (Å²) in [6.45, 7) is 4.56. The molecule has 1 aromatic carbocycles. The molecule has 0 unspecified atom stereocenters. The standard InChI is InChI=1S/C14H20N4O3/c1-8(2)7-18-13(19)9-5-11(20-3)12(21-4)6-10(9)16-14(18)17-15/h5-6,8H,7,15H2,1-4H3,(H,16,17). The Kier molecular flexibility index (Phi) is 4.32. The van der Waals surface area contributed by atoms with Crippen LogP contribution in [-0.2, 0) is 6.54 Å². The second-order valence-corrected chi connectivity index (χ2v) is 5.11. The summed E-state index contributed by atoms with van der Waals surface area (Å²) in [6.07, 6.45) is 0. The molecule has 0 saturated carbocycles. The van der Waals surface area contributed by atoms with Gasteiger partial charge in [-0.3, -0.25) is 14.8 Å². The van der Waals surface area contributed by atoms with Crippen molar-refractivity contribution in [2.75, 3.05) is 19.6 Å². The monoisotopic (exact) mass is 292 g/mol. The van der Waals surface area contributed by atoms with Crippen molar-refractivity contribution >= 4 is 16.9 Å². The van der Waals surface area contributed by atoms with Crippen LogP contribution >= 0.6 is 0 Å². The highest BCUT2D eigenvalue weighted by Crippen LogP contribution is 2.30. The number of rotatable bonds is 5. The highest BCUT2D eigenvalue weighted by molar-refractivity contribution is 5.82. The number of hydrogen-bond acceptors (Lipinski definition) is 6. The first kappa shape index (κ1) is 15.1. The molecular formula is C14H20N4O3. The quantitative estimate of drug-likeness (QED) is 0.638. The van der Waals surface area contributed by atoms with Gasteiger partial charge >= 0.3 is 0 Å². The van der Waals surface area contributed by atoms with Gasteiger partial charge in [-0.2, -0.15) is 0 Å². The molecule has 0 atom stereocenters. The molecule has 7 nitrogen and oxygen atoms in total. The van der Waals surface area contributed by atoms with Gasteiger partial charge in [0.25, 0.3) is 5.56 Å². The summed E-state index contributed by atoms with van der Waals surface area (Å²) in [5, 5.41) is 0.465. The Hall–Kier alpha value is -2.28. The predicted octanol–water partition coefficient (Wildman–Crippen LogP) is 1.36. The largest absolute Gasteiger partial charge is 0.493 e. The van der Waals surface area contributed by atoms with Crippen LogP contribution in [0.5, 0.6) is 11.5 Å². The Morgan fingerprint density at radius 1 is 1.29 bits per heavy atom. The van der Waals surface area contributed by atoms with Gasteiger partial charge < -0.3 is 9.47 Å². The number of nitrogens with zero attached hydrogens (tertiary/aromatic N) is 2. The summed E-state index contributed by atoms with van der Waals surface area (Å²) in [4.78, 5) is 17.0. The molecule has 1 aromatic heterocycles. The predicted molar refractivity (Wildman–Crippen MR) is 81.8 cm³/mol. The Morgan fingerprint density at radius 2 is 1.90 bits per heavy atom. The zero-order valence-corrected chi connectivity index (χ0v) is 12.6. The molecular weight excluding hydrogens is 272 g/mol. The topological polar surface area (TPSA) is 91.4 Å². The molecule has 114 valence electrons. The first-order chi connectivity index (χ1) is 10.0. The smallest absolute Gasteiger partial charge is 0.262 e. The lowest BCUT2D eigenvalue weighted by Crippen LogP contribution is -2.28. The van der Waals surface area contributed by atoms with Crippen molar-refractivity contribution < 1.29 is 9.47 Å². The van der Waals surface area contributed by atoms with Crippen molar-refractivity contribution in [3.8, 4) is 11.5 Å². The molecule has 0 bridgehead atoms. The molecule has 0 spiro atoms. The fourth-order valence-corrected chi connectivity index (χ4v) is 2.19. The molecule has 0 amide bonds. The number of hydrazine groups is 1. The molecule has 1 heterocycles. The van der Waals surface area contributed by atoms with Gasteiger partial charge in [0.1, 0.15) is 0 Å². The SMILES string of the molecule is COc1cc2nc(NN)n(CC(C)C)c(=O)c2cc1OC. The number of nitrogens with one attached hydrogen (secondary N) is 1. The van der Waals surface area contributed by atoms with Crippen molar-refractivity contribution in [3.05, 3.63) is 22.5 Å². The Balaban J connectivity index is 2.77. The zero-order valence-electron chi connectivity index (χ0n) is 12.6. The minimum Gasteiger partial charge on any atom is -0.493 e. The third-order valence-corrected chi connectivity index (χ3v) is 3.14.